The zero-order chi connectivity index (χ0) is 19.8. The number of anilines is 2. The van der Waals surface area contributed by atoms with E-state index in [1.807, 2.05) is 6.07 Å². The average Bonchev–Trinajstić information content (AvgIpc) is 2.63. The number of carbonyl (C=O) groups is 2. The molecular formula is C19H16ClN3O4. The molecule has 0 saturated heterocycles. The second kappa shape index (κ2) is 9.27. The molecule has 2 rings (SSSR count). The van der Waals surface area contributed by atoms with Gasteiger partial charge in [0.15, 0.2) is 0 Å². The molecule has 138 valence electrons. The Morgan fingerprint density at radius 2 is 1.89 bits per heavy atom. The van der Waals surface area contributed by atoms with E-state index >= 15 is 0 Å². The zero-order valence-electron chi connectivity index (χ0n) is 14.3. The van der Waals surface area contributed by atoms with Crippen molar-refractivity contribution in [3.05, 3.63) is 64.8 Å². The summed E-state index contributed by atoms with van der Waals surface area (Å²) >= 11 is 6.01. The molecule has 0 aromatic heterocycles. The molecule has 2 aromatic rings. The summed E-state index contributed by atoms with van der Waals surface area (Å²) in [7, 11) is 1.48. The van der Waals surface area contributed by atoms with Gasteiger partial charge in [-0.3, -0.25) is 9.59 Å². The van der Waals surface area contributed by atoms with Crippen LogP contribution in [0, 0.1) is 11.3 Å². The lowest BCUT2D eigenvalue weighted by molar-refractivity contribution is -0.136. The van der Waals surface area contributed by atoms with E-state index < -0.39 is 11.9 Å². The van der Waals surface area contributed by atoms with Crippen molar-refractivity contribution < 1.29 is 19.4 Å². The Morgan fingerprint density at radius 3 is 2.44 bits per heavy atom. The molecule has 0 aliphatic rings. The summed E-state index contributed by atoms with van der Waals surface area (Å²) < 4.78 is 5.04. The lowest BCUT2D eigenvalue weighted by Gasteiger charge is -2.08. The summed E-state index contributed by atoms with van der Waals surface area (Å²) in [6, 6.07) is 13.2. The number of nitriles is 1. The van der Waals surface area contributed by atoms with Crippen LogP contribution >= 0.6 is 11.6 Å². The van der Waals surface area contributed by atoms with Gasteiger partial charge in [0.05, 0.1) is 18.6 Å². The van der Waals surface area contributed by atoms with Crippen LogP contribution in [0.5, 0.6) is 5.75 Å². The molecule has 0 aliphatic heterocycles. The van der Waals surface area contributed by atoms with E-state index in [4.69, 9.17) is 21.4 Å². The first-order valence-corrected chi connectivity index (χ1v) is 8.13. The summed E-state index contributed by atoms with van der Waals surface area (Å²) in [5, 5.41) is 23.7. The van der Waals surface area contributed by atoms with E-state index in [0.29, 0.717) is 27.7 Å². The van der Waals surface area contributed by atoms with Crippen molar-refractivity contribution in [2.24, 2.45) is 0 Å². The number of aliphatic carboxylic acids is 1. The second-order valence-corrected chi connectivity index (χ2v) is 5.79. The number of halogens is 1. The van der Waals surface area contributed by atoms with Gasteiger partial charge in [0.25, 0.3) is 5.91 Å². The van der Waals surface area contributed by atoms with Gasteiger partial charge in [-0.2, -0.15) is 5.26 Å². The molecule has 0 radical (unpaired) electrons. The maximum Gasteiger partial charge on any atom is 0.307 e. The minimum atomic E-state index is -0.919. The van der Waals surface area contributed by atoms with Crippen LogP contribution in [0.2, 0.25) is 5.02 Å². The van der Waals surface area contributed by atoms with Crippen LogP contribution < -0.4 is 15.4 Å². The standard InChI is InChI=1S/C19H16ClN3O4/c1-27-17-7-6-15(9-16(17)20)23-19(26)13(10-21)11-22-14-4-2-12(3-5-14)8-18(24)25/h2-7,9,11,22H,8H2,1H3,(H,23,26)(H,24,25)/b13-11-. The predicted molar refractivity (Wildman–Crippen MR) is 102 cm³/mol. The molecule has 3 N–H and O–H groups in total. The number of nitrogens with zero attached hydrogens (tertiary/aromatic N) is 1. The highest BCUT2D eigenvalue weighted by atomic mass is 35.5. The van der Waals surface area contributed by atoms with Crippen molar-refractivity contribution >= 4 is 34.9 Å². The summed E-state index contributed by atoms with van der Waals surface area (Å²) in [4.78, 5) is 22.9. The van der Waals surface area contributed by atoms with E-state index in [1.165, 1.54) is 19.4 Å². The highest BCUT2D eigenvalue weighted by molar-refractivity contribution is 6.32. The minimum Gasteiger partial charge on any atom is -0.495 e. The first-order valence-electron chi connectivity index (χ1n) is 7.75. The smallest absolute Gasteiger partial charge is 0.307 e. The van der Waals surface area contributed by atoms with Crippen LogP contribution in [0.4, 0.5) is 11.4 Å². The molecule has 0 unspecified atom stereocenters. The van der Waals surface area contributed by atoms with Crippen LogP contribution in [0.25, 0.3) is 0 Å². The van der Waals surface area contributed by atoms with Crippen LogP contribution in [0.15, 0.2) is 54.2 Å². The summed E-state index contributed by atoms with van der Waals surface area (Å²) in [5.74, 6) is -1.05. The molecule has 8 heteroatoms. The van der Waals surface area contributed by atoms with Crippen molar-refractivity contribution in [3.63, 3.8) is 0 Å². The van der Waals surface area contributed by atoms with E-state index in [9.17, 15) is 14.9 Å². The van der Waals surface area contributed by atoms with Crippen molar-refractivity contribution in [3.8, 4) is 11.8 Å². The molecule has 0 bridgehead atoms. The molecule has 0 aliphatic carbocycles. The number of methoxy groups -OCH3 is 1. The fourth-order valence-electron chi connectivity index (χ4n) is 2.14. The van der Waals surface area contributed by atoms with Gasteiger partial charge in [0.2, 0.25) is 0 Å². The molecule has 7 nitrogen and oxygen atoms in total. The van der Waals surface area contributed by atoms with Gasteiger partial charge in [-0.25, -0.2) is 0 Å². The van der Waals surface area contributed by atoms with Gasteiger partial charge < -0.3 is 20.5 Å². The average molecular weight is 386 g/mol. The van der Waals surface area contributed by atoms with Gasteiger partial charge in [-0.05, 0) is 35.9 Å². The van der Waals surface area contributed by atoms with E-state index in [1.54, 1.807) is 36.4 Å². The Kier molecular flexibility index (Phi) is 6.80. The molecular weight excluding hydrogens is 370 g/mol. The number of carboxylic acid groups (broad SMARTS) is 1. The highest BCUT2D eigenvalue weighted by Crippen LogP contribution is 2.27. The van der Waals surface area contributed by atoms with Crippen molar-refractivity contribution in [2.45, 2.75) is 6.42 Å². The van der Waals surface area contributed by atoms with E-state index in [2.05, 4.69) is 10.6 Å². The Bertz CT molecular complexity index is 918. The van der Waals surface area contributed by atoms with Crippen LogP contribution in [-0.2, 0) is 16.0 Å². The normalized spacial score (nSPS) is 10.6. The van der Waals surface area contributed by atoms with Crippen LogP contribution in [0.1, 0.15) is 5.56 Å². The second-order valence-electron chi connectivity index (χ2n) is 5.39. The van der Waals surface area contributed by atoms with Gasteiger partial charge >= 0.3 is 5.97 Å². The van der Waals surface area contributed by atoms with Gasteiger partial charge in [0, 0.05) is 17.6 Å². The number of hydrogen-bond donors (Lipinski definition) is 3. The number of amides is 1. The predicted octanol–water partition coefficient (Wildman–Crippen LogP) is 3.43. The number of carboxylic acids is 1. The van der Waals surface area contributed by atoms with E-state index in [-0.39, 0.29) is 12.0 Å². The van der Waals surface area contributed by atoms with Crippen LogP contribution in [0.3, 0.4) is 0 Å². The molecule has 1 amide bonds. The lowest BCUT2D eigenvalue weighted by Crippen LogP contribution is -2.14. The molecule has 0 fully saturated rings. The molecule has 0 saturated carbocycles. The molecule has 0 atom stereocenters. The molecule has 2 aromatic carbocycles. The van der Waals surface area contributed by atoms with Gasteiger partial charge in [-0.1, -0.05) is 23.7 Å². The Morgan fingerprint density at radius 1 is 1.22 bits per heavy atom. The fourth-order valence-corrected chi connectivity index (χ4v) is 2.40. The maximum atomic E-state index is 12.2. The number of benzene rings is 2. The van der Waals surface area contributed by atoms with Crippen LogP contribution in [-0.4, -0.2) is 24.1 Å². The number of nitrogens with one attached hydrogen (secondary N) is 2. The fraction of sp³-hybridized carbons (Fsp3) is 0.105. The molecule has 0 heterocycles. The Balaban J connectivity index is 2.04. The third-order valence-corrected chi connectivity index (χ3v) is 3.76. The summed E-state index contributed by atoms with van der Waals surface area (Å²) in [6.07, 6.45) is 1.19. The first-order chi connectivity index (χ1) is 12.9. The number of ether oxygens (including phenoxy) is 1. The Labute approximate surface area is 160 Å². The third kappa shape index (κ3) is 5.76. The third-order valence-electron chi connectivity index (χ3n) is 3.47. The first kappa shape index (κ1) is 19.8. The maximum absolute atomic E-state index is 12.2. The SMILES string of the molecule is COc1ccc(NC(=O)/C(C#N)=C\Nc2ccc(CC(=O)O)cc2)cc1Cl. The molecule has 0 spiro atoms. The van der Waals surface area contributed by atoms with E-state index in [0.717, 1.165) is 0 Å². The molecule has 27 heavy (non-hydrogen) atoms. The van der Waals surface area contributed by atoms with Crippen molar-refractivity contribution in [1.29, 1.82) is 5.26 Å². The monoisotopic (exact) mass is 385 g/mol. The number of carbonyl (C=O) groups excluding carboxylic acids is 1. The Hall–Kier alpha value is -3.50. The van der Waals surface area contributed by atoms with Crippen molar-refractivity contribution in [1.82, 2.24) is 0 Å². The highest BCUT2D eigenvalue weighted by Gasteiger charge is 2.11. The van der Waals surface area contributed by atoms with Gasteiger partial charge in [0.1, 0.15) is 17.4 Å². The zero-order valence-corrected chi connectivity index (χ0v) is 15.1. The topological polar surface area (TPSA) is 111 Å². The van der Waals surface area contributed by atoms with Crippen molar-refractivity contribution in [2.75, 3.05) is 17.7 Å². The lowest BCUT2D eigenvalue weighted by atomic mass is 10.1. The quantitative estimate of drug-likeness (QED) is 0.497. The number of rotatable bonds is 7. The summed E-state index contributed by atoms with van der Waals surface area (Å²) in [6.45, 7) is 0. The largest absolute Gasteiger partial charge is 0.495 e. The summed E-state index contributed by atoms with van der Waals surface area (Å²) in [5.41, 5.74) is 1.53. The number of hydrogen-bond acceptors (Lipinski definition) is 5. The van der Waals surface area contributed by atoms with Gasteiger partial charge in [-0.15, -0.1) is 0 Å². The minimum absolute atomic E-state index is 0.0770.